The largest absolute Gasteiger partial charge is 0.494 e. The second kappa shape index (κ2) is 7.75. The van der Waals surface area contributed by atoms with Crippen LogP contribution in [0.5, 0.6) is 5.75 Å². The first-order chi connectivity index (χ1) is 14.5. The van der Waals surface area contributed by atoms with Crippen molar-refractivity contribution in [2.75, 3.05) is 12.4 Å². The van der Waals surface area contributed by atoms with Crippen LogP contribution in [-0.2, 0) is 0 Å². The summed E-state index contributed by atoms with van der Waals surface area (Å²) >= 11 is 0. The van der Waals surface area contributed by atoms with Crippen LogP contribution in [0.15, 0.2) is 71.5 Å². The van der Waals surface area contributed by atoms with Crippen LogP contribution < -0.4 is 15.5 Å². The number of carbonyl (C=O) groups excluding carboxylic acids is 1. The van der Waals surface area contributed by atoms with Crippen molar-refractivity contribution in [2.24, 2.45) is 0 Å². The Hall–Kier alpha value is -4.07. The van der Waals surface area contributed by atoms with Gasteiger partial charge in [0, 0.05) is 11.8 Å². The molecule has 4 rings (SSSR count). The molecule has 0 radical (unpaired) electrons. The Morgan fingerprint density at radius 2 is 1.77 bits per heavy atom. The lowest BCUT2D eigenvalue weighted by molar-refractivity contribution is 0.102. The van der Waals surface area contributed by atoms with E-state index < -0.39 is 23.0 Å². The fourth-order valence-electron chi connectivity index (χ4n) is 3.04. The quantitative estimate of drug-likeness (QED) is 0.557. The van der Waals surface area contributed by atoms with Gasteiger partial charge in [-0.05, 0) is 48.5 Å². The highest BCUT2D eigenvalue weighted by Crippen LogP contribution is 2.21. The maximum absolute atomic E-state index is 13.9. The highest BCUT2D eigenvalue weighted by molar-refractivity contribution is 6.04. The molecule has 0 aliphatic rings. The van der Waals surface area contributed by atoms with Gasteiger partial charge in [0.2, 0.25) is 5.43 Å². The molecular formula is C22H15F2N3O3. The average Bonchev–Trinajstić information content (AvgIpc) is 2.75. The van der Waals surface area contributed by atoms with Gasteiger partial charge in [-0.1, -0.05) is 12.1 Å². The SMILES string of the molecule is COc1ccc(NC(=O)c2nn(-c3ccc(F)cc3)c3ccccc3c2=O)cc1F. The Labute approximate surface area is 169 Å². The summed E-state index contributed by atoms with van der Waals surface area (Å²) < 4.78 is 33.5. The first-order valence-electron chi connectivity index (χ1n) is 8.91. The second-order valence-electron chi connectivity index (χ2n) is 6.39. The molecule has 0 fully saturated rings. The average molecular weight is 407 g/mol. The van der Waals surface area contributed by atoms with Crippen LogP contribution in [0, 0.1) is 11.6 Å². The molecule has 0 aliphatic carbocycles. The third-order valence-electron chi connectivity index (χ3n) is 4.49. The minimum atomic E-state index is -0.800. The van der Waals surface area contributed by atoms with Gasteiger partial charge >= 0.3 is 0 Å². The molecule has 0 spiro atoms. The maximum Gasteiger partial charge on any atom is 0.280 e. The molecular weight excluding hydrogens is 392 g/mol. The van der Waals surface area contributed by atoms with E-state index in [9.17, 15) is 18.4 Å². The number of fused-ring (bicyclic) bond motifs is 1. The summed E-state index contributed by atoms with van der Waals surface area (Å²) in [4.78, 5) is 25.7. The van der Waals surface area contributed by atoms with Crippen LogP contribution in [-0.4, -0.2) is 22.8 Å². The van der Waals surface area contributed by atoms with Gasteiger partial charge in [-0.15, -0.1) is 0 Å². The Morgan fingerprint density at radius 3 is 2.47 bits per heavy atom. The number of hydrogen-bond donors (Lipinski definition) is 1. The number of ether oxygens (including phenoxy) is 1. The van der Waals surface area contributed by atoms with Crippen molar-refractivity contribution < 1.29 is 18.3 Å². The van der Waals surface area contributed by atoms with Crippen LogP contribution in [0.4, 0.5) is 14.5 Å². The third kappa shape index (κ3) is 3.50. The molecule has 0 unspecified atom stereocenters. The predicted octanol–water partition coefficient (Wildman–Crippen LogP) is 3.92. The summed E-state index contributed by atoms with van der Waals surface area (Å²) in [6.45, 7) is 0. The van der Waals surface area contributed by atoms with Crippen molar-refractivity contribution in [2.45, 2.75) is 0 Å². The van der Waals surface area contributed by atoms with Gasteiger partial charge in [0.15, 0.2) is 17.3 Å². The fourth-order valence-corrected chi connectivity index (χ4v) is 3.04. The summed E-state index contributed by atoms with van der Waals surface area (Å²) in [6, 6.07) is 16.0. The number of nitrogens with one attached hydrogen (secondary N) is 1. The minimum Gasteiger partial charge on any atom is -0.494 e. The van der Waals surface area contributed by atoms with Crippen LogP contribution in [0.3, 0.4) is 0 Å². The molecule has 0 atom stereocenters. The number of methoxy groups -OCH3 is 1. The topological polar surface area (TPSA) is 73.2 Å². The number of amides is 1. The van der Waals surface area contributed by atoms with E-state index in [1.54, 1.807) is 24.3 Å². The first-order valence-corrected chi connectivity index (χ1v) is 8.91. The van der Waals surface area contributed by atoms with Gasteiger partial charge in [0.25, 0.3) is 5.91 Å². The highest BCUT2D eigenvalue weighted by Gasteiger charge is 2.19. The molecule has 3 aromatic carbocycles. The molecule has 1 heterocycles. The summed E-state index contributed by atoms with van der Waals surface area (Å²) in [6.07, 6.45) is 0. The number of nitrogens with zero attached hydrogens (tertiary/aromatic N) is 2. The normalized spacial score (nSPS) is 10.8. The van der Waals surface area contributed by atoms with E-state index in [0.29, 0.717) is 11.2 Å². The molecule has 0 saturated carbocycles. The minimum absolute atomic E-state index is 0.0236. The molecule has 1 aromatic heterocycles. The predicted molar refractivity (Wildman–Crippen MR) is 108 cm³/mol. The molecule has 0 saturated heterocycles. The number of benzene rings is 3. The van der Waals surface area contributed by atoms with Crippen molar-refractivity contribution in [1.82, 2.24) is 9.78 Å². The second-order valence-corrected chi connectivity index (χ2v) is 6.39. The van der Waals surface area contributed by atoms with Gasteiger partial charge < -0.3 is 10.1 Å². The van der Waals surface area contributed by atoms with Crippen molar-refractivity contribution >= 4 is 22.5 Å². The lowest BCUT2D eigenvalue weighted by atomic mass is 10.1. The summed E-state index contributed by atoms with van der Waals surface area (Å²) in [5.74, 6) is -1.87. The highest BCUT2D eigenvalue weighted by atomic mass is 19.1. The van der Waals surface area contributed by atoms with E-state index >= 15 is 0 Å². The van der Waals surface area contributed by atoms with Crippen molar-refractivity contribution in [3.8, 4) is 11.4 Å². The molecule has 30 heavy (non-hydrogen) atoms. The molecule has 4 aromatic rings. The van der Waals surface area contributed by atoms with E-state index in [1.165, 1.54) is 48.2 Å². The zero-order valence-corrected chi connectivity index (χ0v) is 15.7. The van der Waals surface area contributed by atoms with Crippen LogP contribution in [0.2, 0.25) is 0 Å². The number of carbonyl (C=O) groups is 1. The van der Waals surface area contributed by atoms with Crippen LogP contribution in [0.1, 0.15) is 10.5 Å². The van der Waals surface area contributed by atoms with E-state index in [0.717, 1.165) is 6.07 Å². The molecule has 1 N–H and O–H groups in total. The summed E-state index contributed by atoms with van der Waals surface area (Å²) in [7, 11) is 1.33. The molecule has 1 amide bonds. The summed E-state index contributed by atoms with van der Waals surface area (Å²) in [5.41, 5.74) is 0.115. The molecule has 0 aliphatic heterocycles. The Balaban J connectivity index is 1.81. The van der Waals surface area contributed by atoms with Crippen LogP contribution in [0.25, 0.3) is 16.6 Å². The lowest BCUT2D eigenvalue weighted by Crippen LogP contribution is -2.26. The van der Waals surface area contributed by atoms with Gasteiger partial charge in [0.1, 0.15) is 5.82 Å². The number of hydrogen-bond acceptors (Lipinski definition) is 4. The van der Waals surface area contributed by atoms with Gasteiger partial charge in [-0.3, -0.25) is 9.59 Å². The van der Waals surface area contributed by atoms with Crippen molar-refractivity contribution in [1.29, 1.82) is 0 Å². The Bertz CT molecular complexity index is 1320. The number of para-hydroxylation sites is 1. The molecule has 150 valence electrons. The van der Waals surface area contributed by atoms with E-state index in [1.807, 2.05) is 0 Å². The smallest absolute Gasteiger partial charge is 0.280 e. The van der Waals surface area contributed by atoms with E-state index in [-0.39, 0.29) is 22.5 Å². The molecule has 8 heteroatoms. The molecule has 0 bridgehead atoms. The van der Waals surface area contributed by atoms with Crippen LogP contribution >= 0.6 is 0 Å². The van der Waals surface area contributed by atoms with Crippen molar-refractivity contribution in [3.05, 3.63) is 94.3 Å². The Kier molecular flexibility index (Phi) is 4.97. The number of aromatic nitrogens is 2. The van der Waals surface area contributed by atoms with Crippen molar-refractivity contribution in [3.63, 3.8) is 0 Å². The standard InChI is InChI=1S/C22H15F2N3O3/c1-30-19-11-8-14(12-17(19)24)25-22(29)20-21(28)16-4-2-3-5-18(16)27(26-20)15-9-6-13(23)7-10-15/h2-12H,1H3,(H,25,29). The monoisotopic (exact) mass is 407 g/mol. The van der Waals surface area contributed by atoms with E-state index in [2.05, 4.69) is 10.4 Å². The number of halogens is 2. The zero-order valence-electron chi connectivity index (χ0n) is 15.7. The maximum atomic E-state index is 13.9. The zero-order chi connectivity index (χ0) is 21.3. The van der Waals surface area contributed by atoms with E-state index in [4.69, 9.17) is 4.74 Å². The van der Waals surface area contributed by atoms with Gasteiger partial charge in [-0.2, -0.15) is 5.10 Å². The third-order valence-corrected chi connectivity index (χ3v) is 4.49. The Morgan fingerprint density at radius 1 is 1.03 bits per heavy atom. The fraction of sp³-hybridized carbons (Fsp3) is 0.0455. The first kappa shape index (κ1) is 19.3. The van der Waals surface area contributed by atoms with Gasteiger partial charge in [-0.25, -0.2) is 13.5 Å². The molecule has 6 nitrogen and oxygen atoms in total. The summed E-state index contributed by atoms with van der Waals surface area (Å²) in [5, 5.41) is 6.94. The van der Waals surface area contributed by atoms with Gasteiger partial charge in [0.05, 0.1) is 23.7 Å². The number of rotatable bonds is 4. The number of anilines is 1. The lowest BCUT2D eigenvalue weighted by Gasteiger charge is -2.12.